The van der Waals surface area contributed by atoms with Crippen LogP contribution in [0, 0.1) is 5.92 Å². The van der Waals surface area contributed by atoms with Crippen molar-refractivity contribution in [2.45, 2.75) is 19.3 Å². The third-order valence-corrected chi connectivity index (χ3v) is 2.28. The molecule has 0 aliphatic carbocycles. The predicted octanol–water partition coefficient (Wildman–Crippen LogP) is -0.875. The Morgan fingerprint density at radius 3 is 1.94 bits per heavy atom. The summed E-state index contributed by atoms with van der Waals surface area (Å²) in [6.45, 7) is 0. The highest BCUT2D eigenvalue weighted by Crippen LogP contribution is 2.15. The molecule has 4 nitrogen and oxygen atoms in total. The molecule has 1 aromatic carbocycles. The molecule has 0 saturated carbocycles. The van der Waals surface area contributed by atoms with Crippen LogP contribution in [0.3, 0.4) is 0 Å². The van der Waals surface area contributed by atoms with E-state index in [9.17, 15) is 19.8 Å². The fourth-order valence-corrected chi connectivity index (χ4v) is 1.64. The lowest BCUT2D eigenvalue weighted by atomic mass is 9.93. The minimum atomic E-state index is -1.23. The summed E-state index contributed by atoms with van der Waals surface area (Å²) in [4.78, 5) is 20.9. The monoisotopic (exact) mass is 220 g/mol. The molecule has 1 rings (SSSR count). The molecule has 0 saturated heterocycles. The molecule has 0 fully saturated rings. The number of hydrogen-bond acceptors (Lipinski definition) is 4. The first-order chi connectivity index (χ1) is 7.58. The number of rotatable bonds is 6. The van der Waals surface area contributed by atoms with E-state index in [1.54, 1.807) is 0 Å². The van der Waals surface area contributed by atoms with E-state index in [2.05, 4.69) is 0 Å². The van der Waals surface area contributed by atoms with Gasteiger partial charge in [-0.25, -0.2) is 0 Å². The number of carboxylic acid groups (broad SMARTS) is 2. The number of aliphatic carboxylic acids is 2. The Hall–Kier alpha value is -1.84. The summed E-state index contributed by atoms with van der Waals surface area (Å²) in [6, 6.07) is 9.15. The summed E-state index contributed by atoms with van der Waals surface area (Å²) in [5.74, 6) is -2.94. The summed E-state index contributed by atoms with van der Waals surface area (Å²) in [7, 11) is 0. The molecule has 0 unspecified atom stereocenters. The van der Waals surface area contributed by atoms with Crippen molar-refractivity contribution in [3.63, 3.8) is 0 Å². The van der Waals surface area contributed by atoms with Gasteiger partial charge in [-0.05, 0) is 30.7 Å². The van der Waals surface area contributed by atoms with E-state index >= 15 is 0 Å². The second-order valence-electron chi connectivity index (χ2n) is 3.71. The Balaban J connectivity index is 2.63. The highest BCUT2D eigenvalue weighted by atomic mass is 16.4. The zero-order valence-corrected chi connectivity index (χ0v) is 8.72. The standard InChI is InChI=1S/C12H14O4/c13-11(14)7-10(8-12(15)16)6-9-4-2-1-3-5-9/h1-5,10H,6-8H2,(H,13,14)(H,15,16)/p-2. The van der Waals surface area contributed by atoms with Crippen molar-refractivity contribution in [1.82, 2.24) is 0 Å². The van der Waals surface area contributed by atoms with Crippen molar-refractivity contribution in [3.8, 4) is 0 Å². The normalized spacial score (nSPS) is 10.3. The highest BCUT2D eigenvalue weighted by molar-refractivity contribution is 5.68. The zero-order valence-electron chi connectivity index (χ0n) is 8.72. The van der Waals surface area contributed by atoms with Gasteiger partial charge in [-0.3, -0.25) is 0 Å². The zero-order chi connectivity index (χ0) is 12.0. The van der Waals surface area contributed by atoms with Crippen LogP contribution in [0.15, 0.2) is 30.3 Å². The van der Waals surface area contributed by atoms with Crippen LogP contribution >= 0.6 is 0 Å². The molecule has 0 N–H and O–H groups in total. The summed E-state index contributed by atoms with van der Waals surface area (Å²) < 4.78 is 0. The SMILES string of the molecule is O=C([O-])CC(CC(=O)[O-])Cc1ccccc1. The number of hydrogen-bond donors (Lipinski definition) is 0. The maximum absolute atomic E-state index is 10.5. The van der Waals surface area contributed by atoms with E-state index < -0.39 is 17.9 Å². The summed E-state index contributed by atoms with van der Waals surface area (Å²) in [5, 5.41) is 20.9. The molecular weight excluding hydrogens is 208 g/mol. The third-order valence-electron chi connectivity index (χ3n) is 2.28. The Morgan fingerprint density at radius 1 is 1.00 bits per heavy atom. The average Bonchev–Trinajstić information content (AvgIpc) is 2.16. The van der Waals surface area contributed by atoms with Gasteiger partial charge in [-0.15, -0.1) is 0 Å². The number of carboxylic acids is 2. The number of benzene rings is 1. The molecule has 0 amide bonds. The second-order valence-corrected chi connectivity index (χ2v) is 3.71. The summed E-state index contributed by atoms with van der Waals surface area (Å²) in [5.41, 5.74) is 0.912. The lowest BCUT2D eigenvalue weighted by Gasteiger charge is -2.17. The first-order valence-electron chi connectivity index (χ1n) is 5.01. The Bertz CT molecular complexity index is 343. The van der Waals surface area contributed by atoms with E-state index in [0.29, 0.717) is 6.42 Å². The van der Waals surface area contributed by atoms with E-state index in [1.165, 1.54) is 0 Å². The molecule has 0 radical (unpaired) electrons. The molecule has 86 valence electrons. The van der Waals surface area contributed by atoms with Gasteiger partial charge in [0, 0.05) is 11.9 Å². The van der Waals surface area contributed by atoms with Gasteiger partial charge < -0.3 is 19.8 Å². The van der Waals surface area contributed by atoms with E-state index in [0.717, 1.165) is 5.56 Å². The van der Waals surface area contributed by atoms with Gasteiger partial charge in [0.25, 0.3) is 0 Å². The molecule has 0 aliphatic heterocycles. The van der Waals surface area contributed by atoms with Crippen LogP contribution in [0.1, 0.15) is 18.4 Å². The van der Waals surface area contributed by atoms with Crippen molar-refractivity contribution in [2.75, 3.05) is 0 Å². The number of carbonyl (C=O) groups excluding carboxylic acids is 2. The molecule has 1 aromatic rings. The van der Waals surface area contributed by atoms with Gasteiger partial charge in [-0.1, -0.05) is 30.3 Å². The lowest BCUT2D eigenvalue weighted by molar-refractivity contribution is -0.309. The smallest absolute Gasteiger partial charge is 0.0417 e. The third kappa shape index (κ3) is 4.59. The Kier molecular flexibility index (Phi) is 4.51. The quantitative estimate of drug-likeness (QED) is 0.623. The lowest BCUT2D eigenvalue weighted by Crippen LogP contribution is -2.31. The molecule has 4 heteroatoms. The van der Waals surface area contributed by atoms with Crippen LogP contribution in [0.4, 0.5) is 0 Å². The molecule has 0 atom stereocenters. The molecule has 0 aliphatic rings. The highest BCUT2D eigenvalue weighted by Gasteiger charge is 2.10. The van der Waals surface area contributed by atoms with Gasteiger partial charge in [0.1, 0.15) is 0 Å². The summed E-state index contributed by atoms with van der Waals surface area (Å²) in [6.07, 6.45) is -0.117. The van der Waals surface area contributed by atoms with Crippen molar-refractivity contribution < 1.29 is 19.8 Å². The molecule has 0 bridgehead atoms. The second kappa shape index (κ2) is 5.90. The molecule has 16 heavy (non-hydrogen) atoms. The first kappa shape index (κ1) is 12.2. The van der Waals surface area contributed by atoms with Crippen LogP contribution in [-0.4, -0.2) is 11.9 Å². The molecule has 0 heterocycles. The van der Waals surface area contributed by atoms with Crippen LogP contribution in [0.5, 0.6) is 0 Å². The van der Waals surface area contributed by atoms with Crippen molar-refractivity contribution in [1.29, 1.82) is 0 Å². The fourth-order valence-electron chi connectivity index (χ4n) is 1.64. The van der Waals surface area contributed by atoms with Gasteiger partial charge in [0.2, 0.25) is 0 Å². The molecule has 0 aromatic heterocycles. The van der Waals surface area contributed by atoms with Crippen LogP contribution in [0.2, 0.25) is 0 Å². The van der Waals surface area contributed by atoms with Crippen LogP contribution < -0.4 is 10.2 Å². The van der Waals surface area contributed by atoms with Gasteiger partial charge in [-0.2, -0.15) is 0 Å². The van der Waals surface area contributed by atoms with Crippen molar-refractivity contribution in [2.24, 2.45) is 5.92 Å². The maximum atomic E-state index is 10.5. The van der Waals surface area contributed by atoms with Crippen molar-refractivity contribution in [3.05, 3.63) is 35.9 Å². The topological polar surface area (TPSA) is 80.3 Å². The molecular formula is C12H12O4-2. The summed E-state index contributed by atoms with van der Waals surface area (Å²) >= 11 is 0. The van der Waals surface area contributed by atoms with Crippen molar-refractivity contribution >= 4 is 11.9 Å². The minimum absolute atomic E-state index is 0.261. The fraction of sp³-hybridized carbons (Fsp3) is 0.333. The Labute approximate surface area is 93.5 Å². The van der Waals surface area contributed by atoms with Gasteiger partial charge >= 0.3 is 0 Å². The van der Waals surface area contributed by atoms with E-state index in [-0.39, 0.29) is 12.8 Å². The molecule has 0 spiro atoms. The van der Waals surface area contributed by atoms with Gasteiger partial charge in [0.05, 0.1) is 0 Å². The van der Waals surface area contributed by atoms with E-state index in [4.69, 9.17) is 0 Å². The maximum Gasteiger partial charge on any atom is 0.0417 e. The van der Waals surface area contributed by atoms with E-state index in [1.807, 2.05) is 30.3 Å². The Morgan fingerprint density at radius 2 is 1.50 bits per heavy atom. The minimum Gasteiger partial charge on any atom is -0.550 e. The number of carbonyl (C=O) groups is 2. The predicted molar refractivity (Wildman–Crippen MR) is 52.9 cm³/mol. The first-order valence-corrected chi connectivity index (χ1v) is 5.01. The van der Waals surface area contributed by atoms with Crippen LogP contribution in [-0.2, 0) is 16.0 Å². The van der Waals surface area contributed by atoms with Crippen LogP contribution in [0.25, 0.3) is 0 Å². The largest absolute Gasteiger partial charge is 0.550 e. The average molecular weight is 220 g/mol. The van der Waals surface area contributed by atoms with Gasteiger partial charge in [0.15, 0.2) is 0 Å².